The van der Waals surface area contributed by atoms with Crippen LogP contribution in [0.25, 0.3) is 32.9 Å². The lowest BCUT2D eigenvalue weighted by Gasteiger charge is -2.23. The molecule has 1 N–H and O–H groups in total. The van der Waals surface area contributed by atoms with Gasteiger partial charge in [-0.15, -0.1) is 0 Å². The number of carbonyl (C=O) groups is 2. The number of fused-ring (bicyclic) bond motifs is 2. The van der Waals surface area contributed by atoms with Gasteiger partial charge < -0.3 is 29.0 Å². The Morgan fingerprint density at radius 3 is 1.94 bits per heavy atom. The highest BCUT2D eigenvalue weighted by atomic mass is 127. The molecule has 6 aromatic rings. The van der Waals surface area contributed by atoms with E-state index in [0.29, 0.717) is 29.3 Å². The summed E-state index contributed by atoms with van der Waals surface area (Å²) in [5.74, 6) is 0.623. The van der Waals surface area contributed by atoms with Crippen LogP contribution in [-0.4, -0.2) is 75.8 Å². The van der Waals surface area contributed by atoms with Crippen LogP contribution >= 0.6 is 22.6 Å². The first-order valence-corrected chi connectivity index (χ1v) is 18.9. The van der Waals surface area contributed by atoms with Crippen molar-refractivity contribution >= 4 is 67.8 Å². The van der Waals surface area contributed by atoms with Crippen LogP contribution in [0.4, 0.5) is 11.5 Å². The summed E-state index contributed by atoms with van der Waals surface area (Å²) in [6.07, 6.45) is 9.71. The van der Waals surface area contributed by atoms with Gasteiger partial charge in [-0.25, -0.2) is 19.0 Å². The van der Waals surface area contributed by atoms with Gasteiger partial charge in [0.05, 0.1) is 55.4 Å². The third-order valence-electron chi connectivity index (χ3n) is 9.56. The molecular formula is C39H42IN7O7. The van der Waals surface area contributed by atoms with E-state index >= 15 is 0 Å². The van der Waals surface area contributed by atoms with Crippen molar-refractivity contribution in [1.82, 2.24) is 29.3 Å². The van der Waals surface area contributed by atoms with Crippen LogP contribution in [0, 0.1) is 3.70 Å². The molecule has 2 unspecified atom stereocenters. The Labute approximate surface area is 325 Å². The van der Waals surface area contributed by atoms with Crippen molar-refractivity contribution in [2.75, 3.05) is 39.9 Å². The zero-order valence-corrected chi connectivity index (χ0v) is 32.7. The molecular weight excluding hydrogens is 805 g/mol. The fourth-order valence-corrected chi connectivity index (χ4v) is 7.45. The number of carbonyl (C=O) groups excluding carboxylic acids is 2. The number of esters is 2. The van der Waals surface area contributed by atoms with Gasteiger partial charge in [-0.05, 0) is 115 Å². The number of aryl methyl sites for hydroxylation is 1. The number of rotatable bonds is 8. The Hall–Kier alpha value is -5.00. The molecule has 15 heteroatoms. The fourth-order valence-electron chi connectivity index (χ4n) is 6.76. The van der Waals surface area contributed by atoms with E-state index in [1.807, 2.05) is 65.2 Å². The standard InChI is InChI=1S/C25H27N5O4.C14H15IN2O3/c1-29-15-18(14-26-29)16-8-10-20(22(13-16)32-2)27-24-19-9-7-17(25(31)33-3)12-21(19)30(28-24)23-6-4-5-11-34-23;1-19-14(18)9-5-6-10-11(8-9)17(16-13(10)15)12-4-2-3-7-20-12/h7-10,12-15,23H,4-6,11H2,1-3H3,(H,27,28);5-6,8,12H,2-4,7H2,1H3. The van der Waals surface area contributed by atoms with Crippen molar-refractivity contribution in [1.29, 1.82) is 0 Å². The molecule has 0 saturated carbocycles. The molecule has 14 nitrogen and oxygen atoms in total. The highest BCUT2D eigenvalue weighted by molar-refractivity contribution is 14.1. The molecule has 3 aromatic carbocycles. The molecule has 282 valence electrons. The van der Waals surface area contributed by atoms with Crippen LogP contribution in [-0.2, 0) is 26.0 Å². The first-order valence-electron chi connectivity index (χ1n) is 17.8. The van der Waals surface area contributed by atoms with Gasteiger partial charge in [0, 0.05) is 42.8 Å². The van der Waals surface area contributed by atoms with E-state index in [9.17, 15) is 9.59 Å². The lowest BCUT2D eigenvalue weighted by molar-refractivity contribution is -0.0369. The number of hydrogen-bond acceptors (Lipinski definition) is 11. The molecule has 3 aromatic heterocycles. The molecule has 5 heterocycles. The van der Waals surface area contributed by atoms with Gasteiger partial charge in [0.2, 0.25) is 0 Å². The van der Waals surface area contributed by atoms with Gasteiger partial charge in [0.1, 0.15) is 9.45 Å². The largest absolute Gasteiger partial charge is 0.495 e. The number of halogens is 1. The monoisotopic (exact) mass is 847 g/mol. The van der Waals surface area contributed by atoms with Crippen LogP contribution in [0.1, 0.15) is 71.7 Å². The number of ether oxygens (including phenoxy) is 5. The maximum Gasteiger partial charge on any atom is 0.337 e. The molecule has 2 fully saturated rings. The van der Waals surface area contributed by atoms with Gasteiger partial charge in [0.25, 0.3) is 0 Å². The Morgan fingerprint density at radius 1 is 0.778 bits per heavy atom. The predicted octanol–water partition coefficient (Wildman–Crippen LogP) is 7.80. The van der Waals surface area contributed by atoms with Crippen molar-refractivity contribution in [3.05, 3.63) is 81.8 Å². The minimum absolute atomic E-state index is 0.0392. The van der Waals surface area contributed by atoms with E-state index in [1.165, 1.54) is 14.2 Å². The molecule has 0 bridgehead atoms. The minimum Gasteiger partial charge on any atom is -0.495 e. The zero-order valence-electron chi connectivity index (χ0n) is 30.6. The smallest absolute Gasteiger partial charge is 0.337 e. The molecule has 0 aliphatic carbocycles. The van der Waals surface area contributed by atoms with Gasteiger partial charge in [-0.2, -0.15) is 15.3 Å². The molecule has 0 radical (unpaired) electrons. The van der Waals surface area contributed by atoms with E-state index < -0.39 is 0 Å². The molecule has 2 atom stereocenters. The van der Waals surface area contributed by atoms with E-state index in [1.54, 1.807) is 30.0 Å². The summed E-state index contributed by atoms with van der Waals surface area (Å²) in [6, 6.07) is 16.9. The highest BCUT2D eigenvalue weighted by Crippen LogP contribution is 2.37. The summed E-state index contributed by atoms with van der Waals surface area (Å²) < 4.78 is 33.6. The van der Waals surface area contributed by atoms with E-state index in [-0.39, 0.29) is 24.4 Å². The number of methoxy groups -OCH3 is 3. The number of anilines is 2. The number of nitrogens with one attached hydrogen (secondary N) is 1. The summed E-state index contributed by atoms with van der Waals surface area (Å²) in [7, 11) is 6.29. The van der Waals surface area contributed by atoms with E-state index in [2.05, 4.69) is 38.1 Å². The number of hydrogen-bond donors (Lipinski definition) is 1. The van der Waals surface area contributed by atoms with E-state index in [4.69, 9.17) is 28.8 Å². The van der Waals surface area contributed by atoms with Crippen molar-refractivity contribution in [3.8, 4) is 16.9 Å². The lowest BCUT2D eigenvalue weighted by Crippen LogP contribution is -2.19. The summed E-state index contributed by atoms with van der Waals surface area (Å²) >= 11 is 2.21. The topological polar surface area (TPSA) is 146 Å². The summed E-state index contributed by atoms with van der Waals surface area (Å²) in [5.41, 5.74) is 5.53. The van der Waals surface area contributed by atoms with Crippen LogP contribution in [0.2, 0.25) is 0 Å². The second-order valence-electron chi connectivity index (χ2n) is 13.1. The second-order valence-corrected chi connectivity index (χ2v) is 14.1. The summed E-state index contributed by atoms with van der Waals surface area (Å²) in [6.45, 7) is 1.45. The molecule has 0 spiro atoms. The number of nitrogens with zero attached hydrogens (tertiary/aromatic N) is 6. The first-order chi connectivity index (χ1) is 26.3. The molecule has 2 aliphatic rings. The van der Waals surface area contributed by atoms with Crippen molar-refractivity contribution in [2.45, 2.75) is 51.0 Å². The fraction of sp³-hybridized carbons (Fsp3) is 0.359. The lowest BCUT2D eigenvalue weighted by atomic mass is 10.1. The third kappa shape index (κ3) is 7.79. The highest BCUT2D eigenvalue weighted by Gasteiger charge is 2.24. The van der Waals surface area contributed by atoms with Crippen LogP contribution in [0.3, 0.4) is 0 Å². The molecule has 0 amide bonds. The summed E-state index contributed by atoms with van der Waals surface area (Å²) in [4.78, 5) is 23.8. The zero-order chi connectivity index (χ0) is 37.8. The van der Waals surface area contributed by atoms with Gasteiger partial charge >= 0.3 is 11.9 Å². The average Bonchev–Trinajstić information content (AvgIpc) is 3.92. The quantitative estimate of drug-likeness (QED) is 0.118. The normalized spacial score (nSPS) is 17.1. The number of benzene rings is 3. The Morgan fingerprint density at radius 2 is 1.39 bits per heavy atom. The minimum atomic E-state index is -0.388. The van der Waals surface area contributed by atoms with Crippen molar-refractivity contribution < 1.29 is 33.3 Å². The Kier molecular flexibility index (Phi) is 11.5. The Balaban J connectivity index is 0.000000191. The summed E-state index contributed by atoms with van der Waals surface area (Å²) in [5, 5.41) is 19.0. The third-order valence-corrected chi connectivity index (χ3v) is 10.4. The molecule has 8 rings (SSSR count). The number of aromatic nitrogens is 6. The van der Waals surface area contributed by atoms with Gasteiger partial charge in [-0.3, -0.25) is 4.68 Å². The van der Waals surface area contributed by atoms with Crippen LogP contribution in [0.5, 0.6) is 5.75 Å². The SMILES string of the molecule is COC(=O)c1ccc2c(I)nn(C3CCCCO3)c2c1.COC(=O)c1ccc2c(Nc3ccc(-c4cnn(C)c4)cc3OC)nn(C3CCCCO3)c2c1. The van der Waals surface area contributed by atoms with Crippen LogP contribution in [0.15, 0.2) is 67.0 Å². The van der Waals surface area contributed by atoms with Crippen molar-refractivity contribution in [2.24, 2.45) is 7.05 Å². The second kappa shape index (κ2) is 16.6. The molecule has 54 heavy (non-hydrogen) atoms. The van der Waals surface area contributed by atoms with Gasteiger partial charge in [0.15, 0.2) is 18.3 Å². The maximum atomic E-state index is 12.2. The Bertz CT molecular complexity index is 2290. The molecule has 2 aliphatic heterocycles. The first kappa shape index (κ1) is 37.3. The maximum absolute atomic E-state index is 12.2. The average molecular weight is 848 g/mol. The predicted molar refractivity (Wildman–Crippen MR) is 211 cm³/mol. The van der Waals surface area contributed by atoms with Crippen molar-refractivity contribution in [3.63, 3.8) is 0 Å². The molecule has 2 saturated heterocycles. The van der Waals surface area contributed by atoms with Crippen LogP contribution < -0.4 is 10.1 Å². The van der Waals surface area contributed by atoms with Gasteiger partial charge in [-0.1, -0.05) is 6.07 Å². The van der Waals surface area contributed by atoms with E-state index in [0.717, 1.165) is 87.5 Å².